The molecular formula is C10H14N2O2. The Labute approximate surface area is 83.5 Å². The van der Waals surface area contributed by atoms with Crippen LogP contribution >= 0.6 is 0 Å². The van der Waals surface area contributed by atoms with Crippen LogP contribution in [0.25, 0.3) is 0 Å². The number of nitroso groups, excluding NO2 is 1. The van der Waals surface area contributed by atoms with Crippen molar-refractivity contribution < 1.29 is 4.74 Å². The quantitative estimate of drug-likeness (QED) is 0.692. The first-order chi connectivity index (χ1) is 6.69. The van der Waals surface area contributed by atoms with E-state index in [1.807, 2.05) is 32.0 Å². The predicted octanol–water partition coefficient (Wildman–Crippen LogP) is 2.55. The minimum atomic E-state index is 0.345. The van der Waals surface area contributed by atoms with Gasteiger partial charge < -0.3 is 9.64 Å². The van der Waals surface area contributed by atoms with Crippen molar-refractivity contribution in [2.24, 2.45) is 5.18 Å². The molecule has 4 heteroatoms. The smallest absolute Gasteiger partial charge is 0.150 e. The molecule has 0 saturated carbocycles. The van der Waals surface area contributed by atoms with Crippen molar-refractivity contribution in [3.8, 4) is 5.75 Å². The summed E-state index contributed by atoms with van der Waals surface area (Å²) >= 11 is 0. The third kappa shape index (κ3) is 2.22. The van der Waals surface area contributed by atoms with Crippen LogP contribution in [0.4, 0.5) is 11.4 Å². The van der Waals surface area contributed by atoms with E-state index in [1.54, 1.807) is 12.1 Å². The molecular weight excluding hydrogens is 180 g/mol. The second kappa shape index (κ2) is 4.60. The van der Waals surface area contributed by atoms with Crippen molar-refractivity contribution in [2.45, 2.75) is 6.92 Å². The Morgan fingerprint density at radius 3 is 2.64 bits per heavy atom. The molecule has 0 N–H and O–H groups in total. The summed E-state index contributed by atoms with van der Waals surface area (Å²) in [7, 11) is 3.86. The van der Waals surface area contributed by atoms with Crippen LogP contribution < -0.4 is 9.64 Å². The number of nitrogens with zero attached hydrogens (tertiary/aromatic N) is 2. The van der Waals surface area contributed by atoms with Crippen LogP contribution in [0.1, 0.15) is 6.92 Å². The summed E-state index contributed by atoms with van der Waals surface area (Å²) in [5, 5.41) is 2.90. The highest BCUT2D eigenvalue weighted by atomic mass is 16.5. The minimum absolute atomic E-state index is 0.345. The summed E-state index contributed by atoms with van der Waals surface area (Å²) in [6.45, 7) is 2.40. The molecule has 4 nitrogen and oxygen atoms in total. The number of ether oxygens (including phenoxy) is 1. The number of rotatable bonds is 4. The first kappa shape index (κ1) is 10.5. The Kier molecular flexibility index (Phi) is 3.45. The number of benzene rings is 1. The van der Waals surface area contributed by atoms with Gasteiger partial charge in [-0.25, -0.2) is 0 Å². The first-order valence-electron chi connectivity index (χ1n) is 4.46. The summed E-state index contributed by atoms with van der Waals surface area (Å²) in [4.78, 5) is 12.4. The van der Waals surface area contributed by atoms with Crippen molar-refractivity contribution in [1.29, 1.82) is 0 Å². The average molecular weight is 194 g/mol. The van der Waals surface area contributed by atoms with E-state index in [-0.39, 0.29) is 0 Å². The molecule has 0 aliphatic carbocycles. The lowest BCUT2D eigenvalue weighted by atomic mass is 10.2. The van der Waals surface area contributed by atoms with E-state index in [2.05, 4.69) is 5.18 Å². The molecule has 0 atom stereocenters. The van der Waals surface area contributed by atoms with Gasteiger partial charge in [-0.3, -0.25) is 0 Å². The standard InChI is InChI=1S/C10H14N2O2/c1-4-14-10-7-8(12(2)3)5-6-9(10)11-13/h5-7H,4H2,1-3H3. The molecule has 0 unspecified atom stereocenters. The molecule has 0 aliphatic rings. The van der Waals surface area contributed by atoms with E-state index in [4.69, 9.17) is 4.74 Å². The highest BCUT2D eigenvalue weighted by Crippen LogP contribution is 2.31. The van der Waals surface area contributed by atoms with Gasteiger partial charge in [0, 0.05) is 25.8 Å². The van der Waals surface area contributed by atoms with Crippen molar-refractivity contribution in [3.05, 3.63) is 23.1 Å². The third-order valence-corrected chi connectivity index (χ3v) is 1.86. The van der Waals surface area contributed by atoms with Crippen LogP contribution in [0.2, 0.25) is 0 Å². The summed E-state index contributed by atoms with van der Waals surface area (Å²) in [6, 6.07) is 5.30. The molecule has 0 radical (unpaired) electrons. The molecule has 0 aromatic heterocycles. The molecule has 0 bridgehead atoms. The van der Waals surface area contributed by atoms with Gasteiger partial charge in [0.05, 0.1) is 6.61 Å². The SMILES string of the molecule is CCOc1cc(N(C)C)ccc1N=O. The van der Waals surface area contributed by atoms with Gasteiger partial charge in [0.25, 0.3) is 0 Å². The molecule has 0 amide bonds. The second-order valence-electron chi connectivity index (χ2n) is 3.07. The fraction of sp³-hybridized carbons (Fsp3) is 0.400. The van der Waals surface area contributed by atoms with Crippen molar-refractivity contribution in [3.63, 3.8) is 0 Å². The average Bonchev–Trinajstić information content (AvgIpc) is 2.18. The largest absolute Gasteiger partial charge is 0.491 e. The van der Waals surface area contributed by atoms with Gasteiger partial charge in [-0.2, -0.15) is 0 Å². The van der Waals surface area contributed by atoms with Crippen LogP contribution in [-0.2, 0) is 0 Å². The van der Waals surface area contributed by atoms with Gasteiger partial charge in [0.15, 0.2) is 5.75 Å². The van der Waals surface area contributed by atoms with Gasteiger partial charge in [0.1, 0.15) is 5.69 Å². The maximum atomic E-state index is 10.4. The van der Waals surface area contributed by atoms with Gasteiger partial charge in [-0.15, -0.1) is 4.91 Å². The Morgan fingerprint density at radius 1 is 1.43 bits per heavy atom. The highest BCUT2D eigenvalue weighted by molar-refractivity contribution is 5.61. The van der Waals surface area contributed by atoms with Crippen LogP contribution in [0.5, 0.6) is 5.75 Å². The Balaban J connectivity index is 3.06. The molecule has 1 rings (SSSR count). The van der Waals surface area contributed by atoms with Gasteiger partial charge in [-0.1, -0.05) is 0 Å². The molecule has 0 saturated heterocycles. The van der Waals surface area contributed by atoms with Crippen LogP contribution in [0.3, 0.4) is 0 Å². The lowest BCUT2D eigenvalue weighted by molar-refractivity contribution is 0.341. The minimum Gasteiger partial charge on any atom is -0.491 e. The third-order valence-electron chi connectivity index (χ3n) is 1.86. The van der Waals surface area contributed by atoms with Crippen molar-refractivity contribution in [2.75, 3.05) is 25.6 Å². The lowest BCUT2D eigenvalue weighted by Gasteiger charge is -2.14. The number of hydrogen-bond acceptors (Lipinski definition) is 4. The summed E-state index contributed by atoms with van der Waals surface area (Å²) < 4.78 is 5.30. The van der Waals surface area contributed by atoms with Crippen LogP contribution in [0, 0.1) is 4.91 Å². The molecule has 76 valence electrons. The Morgan fingerprint density at radius 2 is 2.14 bits per heavy atom. The van der Waals surface area contributed by atoms with E-state index in [0.29, 0.717) is 18.0 Å². The summed E-state index contributed by atoms with van der Waals surface area (Å²) in [5.41, 5.74) is 1.33. The van der Waals surface area contributed by atoms with Gasteiger partial charge in [-0.05, 0) is 24.2 Å². The summed E-state index contributed by atoms with van der Waals surface area (Å²) in [5.74, 6) is 0.536. The molecule has 0 aliphatic heterocycles. The topological polar surface area (TPSA) is 41.9 Å². The zero-order valence-corrected chi connectivity index (χ0v) is 8.65. The zero-order valence-electron chi connectivity index (χ0n) is 8.65. The molecule has 0 heterocycles. The molecule has 0 fully saturated rings. The Bertz CT molecular complexity index is 324. The molecule has 1 aromatic carbocycles. The normalized spacial score (nSPS) is 9.64. The van der Waals surface area contributed by atoms with Gasteiger partial charge >= 0.3 is 0 Å². The van der Waals surface area contributed by atoms with Crippen molar-refractivity contribution >= 4 is 11.4 Å². The van der Waals surface area contributed by atoms with Gasteiger partial charge in [0.2, 0.25) is 0 Å². The fourth-order valence-corrected chi connectivity index (χ4v) is 1.13. The molecule has 0 spiro atoms. The summed E-state index contributed by atoms with van der Waals surface area (Å²) in [6.07, 6.45) is 0. The predicted molar refractivity (Wildman–Crippen MR) is 57.4 cm³/mol. The van der Waals surface area contributed by atoms with Crippen LogP contribution in [0.15, 0.2) is 23.4 Å². The monoisotopic (exact) mass is 194 g/mol. The van der Waals surface area contributed by atoms with Crippen molar-refractivity contribution in [1.82, 2.24) is 0 Å². The van der Waals surface area contributed by atoms with E-state index >= 15 is 0 Å². The number of anilines is 1. The fourth-order valence-electron chi connectivity index (χ4n) is 1.13. The number of hydrogen-bond donors (Lipinski definition) is 0. The molecule has 14 heavy (non-hydrogen) atoms. The van der Waals surface area contributed by atoms with E-state index in [1.165, 1.54) is 0 Å². The van der Waals surface area contributed by atoms with E-state index < -0.39 is 0 Å². The Hall–Kier alpha value is -1.58. The molecule has 1 aromatic rings. The second-order valence-corrected chi connectivity index (χ2v) is 3.07. The first-order valence-corrected chi connectivity index (χ1v) is 4.46. The zero-order chi connectivity index (χ0) is 10.6. The van der Waals surface area contributed by atoms with Crippen LogP contribution in [-0.4, -0.2) is 20.7 Å². The highest BCUT2D eigenvalue weighted by Gasteiger charge is 2.05. The maximum Gasteiger partial charge on any atom is 0.150 e. The van der Waals surface area contributed by atoms with E-state index in [0.717, 1.165) is 5.69 Å². The van der Waals surface area contributed by atoms with E-state index in [9.17, 15) is 4.91 Å². The maximum absolute atomic E-state index is 10.4. The lowest BCUT2D eigenvalue weighted by Crippen LogP contribution is -2.08.